The fourth-order valence-electron chi connectivity index (χ4n) is 1.71. The summed E-state index contributed by atoms with van der Waals surface area (Å²) >= 11 is 0. The maximum Gasteiger partial charge on any atom is 0.272 e. The second-order valence-corrected chi connectivity index (χ2v) is 4.10. The van der Waals surface area contributed by atoms with Gasteiger partial charge in [-0.25, -0.2) is 8.78 Å². The van der Waals surface area contributed by atoms with Crippen molar-refractivity contribution in [1.29, 1.82) is 0 Å². The van der Waals surface area contributed by atoms with Crippen molar-refractivity contribution in [3.05, 3.63) is 60.3 Å². The van der Waals surface area contributed by atoms with Gasteiger partial charge in [0, 0.05) is 39.8 Å². The zero-order valence-electron chi connectivity index (χ0n) is 11.1. The van der Waals surface area contributed by atoms with E-state index < -0.39 is 13.0 Å². The molecule has 0 atom stereocenters. The first kappa shape index (κ1) is 17.1. The van der Waals surface area contributed by atoms with Crippen LogP contribution in [0.1, 0.15) is 5.56 Å². The molecule has 0 aromatic heterocycles. The van der Waals surface area contributed by atoms with Gasteiger partial charge >= 0.3 is 0 Å². The number of nitrogens with zero attached hydrogens (tertiary/aromatic N) is 1. The molecule has 1 aliphatic heterocycles. The van der Waals surface area contributed by atoms with Crippen molar-refractivity contribution in [3.63, 3.8) is 0 Å². The number of ether oxygens (including phenoxy) is 1. The van der Waals surface area contributed by atoms with Crippen molar-refractivity contribution in [2.24, 2.45) is 0 Å². The van der Waals surface area contributed by atoms with Gasteiger partial charge in [0.05, 0.1) is 0 Å². The summed E-state index contributed by atoms with van der Waals surface area (Å²) < 4.78 is 29.0. The standard InChI is InChI=1S/C15H14F2NO.Y/c1-11-4-3-5-14(18(11)2)12-6-8-13(9-7-12)19-10-15(16)17;/h3-4,6-9,15H,1,10H2,2H3;/q-1;. The molecule has 0 N–H and O–H groups in total. The maximum atomic E-state index is 12.0. The average Bonchev–Trinajstić information content (AvgIpc) is 2.40. The van der Waals surface area contributed by atoms with E-state index in [-0.39, 0.29) is 32.7 Å². The van der Waals surface area contributed by atoms with Crippen molar-refractivity contribution in [3.8, 4) is 5.75 Å². The van der Waals surface area contributed by atoms with Gasteiger partial charge in [-0.2, -0.15) is 12.2 Å². The van der Waals surface area contributed by atoms with Crippen molar-refractivity contribution >= 4 is 5.70 Å². The topological polar surface area (TPSA) is 12.5 Å². The van der Waals surface area contributed by atoms with Crippen LogP contribution < -0.4 is 4.74 Å². The molecule has 5 heteroatoms. The summed E-state index contributed by atoms with van der Waals surface area (Å²) in [7, 11) is 1.90. The third-order valence-corrected chi connectivity index (χ3v) is 2.77. The summed E-state index contributed by atoms with van der Waals surface area (Å²) in [6, 6.07) is 6.96. The third kappa shape index (κ3) is 4.25. The molecule has 20 heavy (non-hydrogen) atoms. The quantitative estimate of drug-likeness (QED) is 0.770. The Balaban J connectivity index is 0.00000200. The fraction of sp³-hybridized carbons (Fsp3) is 0.200. The Kier molecular flexibility index (Phi) is 6.57. The molecule has 0 fully saturated rings. The van der Waals surface area contributed by atoms with Crippen LogP contribution in [0.25, 0.3) is 5.70 Å². The Labute approximate surface area is 142 Å². The van der Waals surface area contributed by atoms with Crippen LogP contribution in [0.15, 0.2) is 48.7 Å². The number of hydrogen-bond donors (Lipinski definition) is 0. The molecule has 0 bridgehead atoms. The van der Waals surface area contributed by atoms with Crippen LogP contribution in [-0.2, 0) is 32.7 Å². The van der Waals surface area contributed by atoms with E-state index in [1.807, 2.05) is 30.2 Å². The van der Waals surface area contributed by atoms with E-state index in [1.165, 1.54) is 0 Å². The smallest absolute Gasteiger partial charge is 0.272 e. The van der Waals surface area contributed by atoms with Crippen LogP contribution in [0.2, 0.25) is 0 Å². The molecule has 0 aliphatic carbocycles. The third-order valence-electron chi connectivity index (χ3n) is 2.77. The fourth-order valence-corrected chi connectivity index (χ4v) is 1.71. The van der Waals surface area contributed by atoms with Gasteiger partial charge in [-0.3, -0.25) is 0 Å². The van der Waals surface area contributed by atoms with Crippen molar-refractivity contribution < 1.29 is 46.2 Å². The minimum absolute atomic E-state index is 0. The van der Waals surface area contributed by atoms with Crippen molar-refractivity contribution in [2.45, 2.75) is 6.43 Å². The van der Waals surface area contributed by atoms with Gasteiger partial charge in [-0.1, -0.05) is 17.8 Å². The number of hydrogen-bond acceptors (Lipinski definition) is 2. The Morgan fingerprint density at radius 1 is 1.30 bits per heavy atom. The normalized spacial score (nSPS) is 14.1. The molecule has 1 aromatic carbocycles. The van der Waals surface area contributed by atoms with E-state index >= 15 is 0 Å². The Hall–Kier alpha value is -0.996. The Morgan fingerprint density at radius 3 is 2.55 bits per heavy atom. The summed E-state index contributed by atoms with van der Waals surface area (Å²) in [6.07, 6.45) is 4.33. The molecular formula is C15H14F2NOY-. The monoisotopic (exact) mass is 351 g/mol. The molecule has 0 saturated heterocycles. The van der Waals surface area contributed by atoms with E-state index in [1.54, 1.807) is 18.2 Å². The maximum absolute atomic E-state index is 12.0. The van der Waals surface area contributed by atoms with Gasteiger partial charge in [-0.15, -0.1) is 18.2 Å². The van der Waals surface area contributed by atoms with Gasteiger partial charge in [0.2, 0.25) is 0 Å². The molecule has 0 saturated carbocycles. The first-order valence-electron chi connectivity index (χ1n) is 5.82. The van der Waals surface area contributed by atoms with Crippen LogP contribution in [0.5, 0.6) is 5.75 Å². The van der Waals surface area contributed by atoms with E-state index in [0.717, 1.165) is 17.0 Å². The molecule has 0 amide bonds. The number of allylic oxidation sites excluding steroid dienone is 3. The summed E-state index contributed by atoms with van der Waals surface area (Å²) in [6.45, 7) is 3.32. The summed E-state index contributed by atoms with van der Waals surface area (Å²) in [5.74, 6) is 0.428. The van der Waals surface area contributed by atoms with Crippen LogP contribution in [0.4, 0.5) is 8.78 Å². The number of alkyl halides is 2. The molecule has 1 aliphatic rings. The van der Waals surface area contributed by atoms with Crippen molar-refractivity contribution in [2.75, 3.05) is 13.7 Å². The van der Waals surface area contributed by atoms with E-state index in [4.69, 9.17) is 4.74 Å². The van der Waals surface area contributed by atoms with Gasteiger partial charge in [0.15, 0.2) is 0 Å². The molecular weight excluding hydrogens is 337 g/mol. The molecule has 103 valence electrons. The molecule has 0 unspecified atom stereocenters. The minimum Gasteiger partial charge on any atom is -0.488 e. The summed E-state index contributed by atoms with van der Waals surface area (Å²) in [5.41, 5.74) is 2.68. The summed E-state index contributed by atoms with van der Waals surface area (Å²) in [5, 5.41) is 0. The van der Waals surface area contributed by atoms with E-state index in [0.29, 0.717) is 5.75 Å². The Bertz CT molecular complexity index is 523. The van der Waals surface area contributed by atoms with Gasteiger partial charge in [-0.05, 0) is 17.8 Å². The second-order valence-electron chi connectivity index (χ2n) is 4.10. The van der Waals surface area contributed by atoms with Crippen molar-refractivity contribution in [1.82, 2.24) is 4.90 Å². The first-order chi connectivity index (χ1) is 9.08. The zero-order chi connectivity index (χ0) is 13.8. The molecule has 1 aromatic rings. The largest absolute Gasteiger partial charge is 0.488 e. The van der Waals surface area contributed by atoms with Gasteiger partial charge < -0.3 is 9.64 Å². The average molecular weight is 351 g/mol. The Morgan fingerprint density at radius 2 is 1.95 bits per heavy atom. The first-order valence-corrected chi connectivity index (χ1v) is 5.82. The van der Waals surface area contributed by atoms with E-state index in [2.05, 4.69) is 12.7 Å². The number of rotatable bonds is 4. The van der Waals surface area contributed by atoms with Gasteiger partial charge in [0.1, 0.15) is 12.4 Å². The molecule has 2 nitrogen and oxygen atoms in total. The predicted octanol–water partition coefficient (Wildman–Crippen LogP) is 3.49. The van der Waals surface area contributed by atoms with Crippen LogP contribution in [-0.4, -0.2) is 25.0 Å². The molecule has 1 radical (unpaired) electrons. The number of benzene rings is 1. The van der Waals surface area contributed by atoms with Crippen LogP contribution in [0, 0.1) is 6.08 Å². The number of likely N-dealkylation sites (N-methyl/N-ethyl adjacent to an activating group) is 1. The molecule has 0 spiro atoms. The van der Waals surface area contributed by atoms with Crippen LogP contribution >= 0.6 is 0 Å². The second kappa shape index (κ2) is 7.70. The van der Waals surface area contributed by atoms with Gasteiger partial charge in [0.25, 0.3) is 6.43 Å². The van der Waals surface area contributed by atoms with E-state index in [9.17, 15) is 8.78 Å². The minimum atomic E-state index is -2.46. The van der Waals surface area contributed by atoms with Crippen LogP contribution in [0.3, 0.4) is 0 Å². The zero-order valence-corrected chi connectivity index (χ0v) is 14.0. The summed E-state index contributed by atoms with van der Waals surface area (Å²) in [4.78, 5) is 1.91. The number of halogens is 2. The molecule has 2 rings (SSSR count). The predicted molar refractivity (Wildman–Crippen MR) is 70.6 cm³/mol. The molecule has 1 heterocycles. The SMILES string of the molecule is C=C1C=C[C-]=C(c2ccc(OCC(F)F)cc2)N1C.[Y].